The van der Waals surface area contributed by atoms with Crippen molar-refractivity contribution >= 4 is 23.0 Å². The van der Waals surface area contributed by atoms with Crippen LogP contribution in [0.25, 0.3) is 11.0 Å². The summed E-state index contributed by atoms with van der Waals surface area (Å²) in [6, 6.07) is 5.82. The first kappa shape index (κ1) is 23.9. The average molecular weight is 482 g/mol. The summed E-state index contributed by atoms with van der Waals surface area (Å²) in [6.45, 7) is 7.75. The van der Waals surface area contributed by atoms with Gasteiger partial charge >= 0.3 is 6.09 Å². The summed E-state index contributed by atoms with van der Waals surface area (Å²) in [7, 11) is 0. The standard InChI is InChI=1S/C27H35N3O5/c1-3-34-26(33)30-10-6-20(7-11-30)28-25(32)22-15-27(22)8-12-29(13-9-27)16-19-17-35-23-5-4-18(2)14-21(23)24(19)31/h4-5,14,17,20,22H,3,6-13,15-16H2,1-2H3,(H,28,32). The van der Waals surface area contributed by atoms with Gasteiger partial charge in [-0.05, 0) is 76.6 Å². The maximum absolute atomic E-state index is 13.0. The van der Waals surface area contributed by atoms with Crippen LogP contribution in [-0.2, 0) is 16.1 Å². The zero-order valence-electron chi connectivity index (χ0n) is 20.7. The first-order valence-corrected chi connectivity index (χ1v) is 12.8. The average Bonchev–Trinajstić information content (AvgIpc) is 3.57. The molecular weight excluding hydrogens is 446 g/mol. The minimum Gasteiger partial charge on any atom is -0.464 e. The molecule has 188 valence electrons. The van der Waals surface area contributed by atoms with Gasteiger partial charge in [0.05, 0.1) is 18.3 Å². The zero-order valence-corrected chi connectivity index (χ0v) is 20.7. The quantitative estimate of drug-likeness (QED) is 0.703. The molecule has 5 rings (SSSR count). The number of ether oxygens (including phenoxy) is 1. The van der Waals surface area contributed by atoms with E-state index in [1.54, 1.807) is 11.2 Å². The van der Waals surface area contributed by atoms with Gasteiger partial charge in [0.2, 0.25) is 5.91 Å². The minimum absolute atomic E-state index is 0.0490. The van der Waals surface area contributed by atoms with Crippen LogP contribution < -0.4 is 10.7 Å². The number of hydrogen-bond acceptors (Lipinski definition) is 6. The largest absolute Gasteiger partial charge is 0.464 e. The van der Waals surface area contributed by atoms with Gasteiger partial charge < -0.3 is 19.4 Å². The van der Waals surface area contributed by atoms with E-state index in [2.05, 4.69) is 10.2 Å². The predicted molar refractivity (Wildman–Crippen MR) is 132 cm³/mol. The Morgan fingerprint density at radius 1 is 1.17 bits per heavy atom. The van der Waals surface area contributed by atoms with Crippen LogP contribution in [0.3, 0.4) is 0 Å². The molecule has 2 saturated heterocycles. The smallest absolute Gasteiger partial charge is 0.409 e. The summed E-state index contributed by atoms with van der Waals surface area (Å²) < 4.78 is 10.8. The number of fused-ring (bicyclic) bond motifs is 1. The number of nitrogens with zero attached hydrogens (tertiary/aromatic N) is 2. The Morgan fingerprint density at radius 3 is 2.63 bits per heavy atom. The van der Waals surface area contributed by atoms with Crippen LogP contribution in [0.1, 0.15) is 50.2 Å². The van der Waals surface area contributed by atoms with E-state index in [-0.39, 0.29) is 34.8 Å². The molecule has 0 bridgehead atoms. The molecule has 3 heterocycles. The number of aryl methyl sites for hydroxylation is 1. The van der Waals surface area contributed by atoms with Crippen LogP contribution in [0.15, 0.2) is 33.7 Å². The van der Waals surface area contributed by atoms with E-state index >= 15 is 0 Å². The normalized spacial score (nSPS) is 22.3. The molecule has 2 aliphatic heterocycles. The van der Waals surface area contributed by atoms with E-state index in [0.29, 0.717) is 42.8 Å². The van der Waals surface area contributed by atoms with Gasteiger partial charge in [-0.25, -0.2) is 4.79 Å². The Bertz CT molecular complexity index is 1160. The molecule has 2 aromatic rings. The minimum atomic E-state index is -0.262. The van der Waals surface area contributed by atoms with Gasteiger partial charge in [-0.2, -0.15) is 0 Å². The Hall–Kier alpha value is -2.87. The van der Waals surface area contributed by atoms with Crippen molar-refractivity contribution in [2.75, 3.05) is 32.8 Å². The third-order valence-corrected chi connectivity index (χ3v) is 8.12. The second kappa shape index (κ2) is 9.64. The summed E-state index contributed by atoms with van der Waals surface area (Å²) in [6.07, 6.45) is 5.78. The fourth-order valence-corrected chi connectivity index (χ4v) is 5.79. The lowest BCUT2D eigenvalue weighted by molar-refractivity contribution is -0.124. The van der Waals surface area contributed by atoms with Gasteiger partial charge in [0.1, 0.15) is 5.58 Å². The summed E-state index contributed by atoms with van der Waals surface area (Å²) in [4.78, 5) is 41.8. The molecule has 1 spiro atoms. The fraction of sp³-hybridized carbons (Fsp3) is 0.593. The van der Waals surface area contributed by atoms with Gasteiger partial charge in [0.25, 0.3) is 0 Å². The Balaban J connectivity index is 1.10. The van der Waals surface area contributed by atoms with Crippen LogP contribution in [0.4, 0.5) is 4.79 Å². The number of likely N-dealkylation sites (tertiary alicyclic amines) is 2. The monoisotopic (exact) mass is 481 g/mol. The molecule has 0 radical (unpaired) electrons. The van der Waals surface area contributed by atoms with Gasteiger partial charge in [-0.15, -0.1) is 0 Å². The van der Waals surface area contributed by atoms with Gasteiger partial charge in [-0.1, -0.05) is 11.6 Å². The van der Waals surface area contributed by atoms with E-state index in [1.165, 1.54) is 0 Å². The van der Waals surface area contributed by atoms with Crippen molar-refractivity contribution in [3.05, 3.63) is 45.8 Å². The highest BCUT2D eigenvalue weighted by atomic mass is 16.6. The Labute approximate surface area is 205 Å². The molecule has 8 nitrogen and oxygen atoms in total. The highest BCUT2D eigenvalue weighted by Crippen LogP contribution is 2.59. The topological polar surface area (TPSA) is 92.1 Å². The van der Waals surface area contributed by atoms with Crippen LogP contribution in [0.2, 0.25) is 0 Å². The molecule has 8 heteroatoms. The van der Waals surface area contributed by atoms with Crippen LogP contribution >= 0.6 is 0 Å². The molecule has 3 aliphatic rings. The lowest BCUT2D eigenvalue weighted by Gasteiger charge is -2.33. The lowest BCUT2D eigenvalue weighted by atomic mass is 9.90. The van der Waals surface area contributed by atoms with E-state index in [9.17, 15) is 14.4 Å². The van der Waals surface area contributed by atoms with Gasteiger partial charge in [-0.3, -0.25) is 14.5 Å². The molecule has 1 saturated carbocycles. The second-order valence-corrected chi connectivity index (χ2v) is 10.5. The number of piperidine rings is 2. The van der Waals surface area contributed by atoms with E-state index in [0.717, 1.165) is 50.8 Å². The Morgan fingerprint density at radius 2 is 1.91 bits per heavy atom. The van der Waals surface area contributed by atoms with E-state index in [4.69, 9.17) is 9.15 Å². The van der Waals surface area contributed by atoms with Crippen LogP contribution in [-0.4, -0.2) is 60.6 Å². The van der Waals surface area contributed by atoms with Crippen molar-refractivity contribution < 1.29 is 18.7 Å². The van der Waals surface area contributed by atoms with Crippen LogP contribution in [0, 0.1) is 18.3 Å². The molecule has 35 heavy (non-hydrogen) atoms. The van der Waals surface area contributed by atoms with E-state index in [1.807, 2.05) is 32.0 Å². The summed E-state index contributed by atoms with van der Waals surface area (Å²) in [5, 5.41) is 3.88. The molecule has 2 amide bonds. The number of rotatable bonds is 5. The van der Waals surface area contributed by atoms with Crippen molar-refractivity contribution in [3.8, 4) is 0 Å². The van der Waals surface area contributed by atoms with Crippen LogP contribution in [0.5, 0.6) is 0 Å². The SMILES string of the molecule is CCOC(=O)N1CCC(NC(=O)C2CC23CCN(Cc2coc4ccc(C)cc4c2=O)CC3)CC1. The molecule has 1 aromatic heterocycles. The number of benzene rings is 1. The molecule has 1 aliphatic carbocycles. The first-order chi connectivity index (χ1) is 16.9. The molecule has 1 unspecified atom stereocenters. The highest BCUT2D eigenvalue weighted by molar-refractivity contribution is 5.83. The number of carbonyl (C=O) groups excluding carboxylic acids is 2. The highest BCUT2D eigenvalue weighted by Gasteiger charge is 2.58. The van der Waals surface area contributed by atoms with Gasteiger partial charge in [0.15, 0.2) is 5.43 Å². The van der Waals surface area contributed by atoms with E-state index < -0.39 is 0 Å². The number of nitrogens with one attached hydrogen (secondary N) is 1. The second-order valence-electron chi connectivity index (χ2n) is 10.5. The maximum Gasteiger partial charge on any atom is 0.409 e. The Kier molecular flexibility index (Phi) is 6.57. The third-order valence-electron chi connectivity index (χ3n) is 8.12. The van der Waals surface area contributed by atoms with Crippen molar-refractivity contribution in [1.82, 2.24) is 15.1 Å². The zero-order chi connectivity index (χ0) is 24.6. The third kappa shape index (κ3) is 4.94. The lowest BCUT2D eigenvalue weighted by Crippen LogP contribution is -2.47. The fourth-order valence-electron chi connectivity index (χ4n) is 5.79. The number of carbonyl (C=O) groups is 2. The predicted octanol–water partition coefficient (Wildman–Crippen LogP) is 3.44. The first-order valence-electron chi connectivity index (χ1n) is 12.8. The summed E-state index contributed by atoms with van der Waals surface area (Å²) in [5.74, 6) is 0.250. The molecule has 1 aromatic carbocycles. The summed E-state index contributed by atoms with van der Waals surface area (Å²) in [5.41, 5.74) is 2.52. The molecule has 1 N–H and O–H groups in total. The van der Waals surface area contributed by atoms with Crippen molar-refractivity contribution in [2.24, 2.45) is 11.3 Å². The molecule has 1 atom stereocenters. The van der Waals surface area contributed by atoms with Crippen molar-refractivity contribution in [1.29, 1.82) is 0 Å². The summed E-state index contributed by atoms with van der Waals surface area (Å²) >= 11 is 0. The number of hydrogen-bond donors (Lipinski definition) is 1. The number of amides is 2. The maximum atomic E-state index is 13.0. The van der Waals surface area contributed by atoms with Crippen molar-refractivity contribution in [3.63, 3.8) is 0 Å². The van der Waals surface area contributed by atoms with Gasteiger partial charge in [0, 0.05) is 37.2 Å². The molecular formula is C27H35N3O5. The van der Waals surface area contributed by atoms with Crippen molar-refractivity contribution in [2.45, 2.75) is 58.5 Å². The molecule has 3 fully saturated rings.